The smallest absolute Gasteiger partial charge is 0.422 e. The maximum Gasteiger partial charge on any atom is 0.422 e. The molecule has 0 spiro atoms. The molecule has 1 N–H and O–H groups in total. The number of benzene rings is 2. The summed E-state index contributed by atoms with van der Waals surface area (Å²) in [5.74, 6) is 0.218. The molecule has 32 heavy (non-hydrogen) atoms. The van der Waals surface area contributed by atoms with Gasteiger partial charge in [-0.1, -0.05) is 24.3 Å². The van der Waals surface area contributed by atoms with Crippen LogP contribution in [0.1, 0.15) is 22.3 Å². The Kier molecular flexibility index (Phi) is 7.07. The minimum absolute atomic E-state index is 0.218. The molecule has 0 radical (unpaired) electrons. The number of hydrogen-bond donors (Lipinski definition) is 1. The first-order chi connectivity index (χ1) is 15.1. The second-order valence-electron chi connectivity index (χ2n) is 7.60. The summed E-state index contributed by atoms with van der Waals surface area (Å²) in [6, 6.07) is 12.7. The third kappa shape index (κ3) is 6.26. The Balaban J connectivity index is 1.58. The number of aryl methyl sites for hydroxylation is 2. The molecule has 0 bridgehead atoms. The van der Waals surface area contributed by atoms with Crippen LogP contribution in [0.4, 0.5) is 18.0 Å². The largest absolute Gasteiger partial charge is 0.484 e. The Morgan fingerprint density at radius 1 is 1.12 bits per heavy atom. The number of aromatic nitrogens is 2. The zero-order valence-corrected chi connectivity index (χ0v) is 18.1. The topological polar surface area (TPSA) is 59.4 Å². The molecule has 0 fully saturated rings. The van der Waals surface area contributed by atoms with Gasteiger partial charge in [0, 0.05) is 32.5 Å². The van der Waals surface area contributed by atoms with Gasteiger partial charge in [-0.3, -0.25) is 0 Å². The van der Waals surface area contributed by atoms with E-state index in [1.165, 1.54) is 4.90 Å². The van der Waals surface area contributed by atoms with Crippen LogP contribution in [0.25, 0.3) is 5.69 Å². The number of carbonyl (C=O) groups is 1. The molecule has 3 rings (SSSR count). The number of hydrogen-bond acceptors (Lipinski definition) is 3. The van der Waals surface area contributed by atoms with Gasteiger partial charge in [-0.25, -0.2) is 9.48 Å². The third-order valence-corrected chi connectivity index (χ3v) is 4.79. The summed E-state index contributed by atoms with van der Waals surface area (Å²) in [5.41, 5.74) is 3.81. The summed E-state index contributed by atoms with van der Waals surface area (Å²) in [5, 5.41) is 7.07. The molecule has 0 atom stereocenters. The molecule has 170 valence electrons. The SMILES string of the molecule is Cc1cc(CN(C)C(=O)NCc2cccc(-n3cccn3)c2)cc(C)c1OCC(F)(F)F. The van der Waals surface area contributed by atoms with E-state index in [1.54, 1.807) is 43.9 Å². The lowest BCUT2D eigenvalue weighted by Crippen LogP contribution is -2.36. The molecule has 2 amide bonds. The van der Waals surface area contributed by atoms with Crippen molar-refractivity contribution in [3.8, 4) is 11.4 Å². The maximum atomic E-state index is 12.5. The number of ether oxygens (including phenoxy) is 1. The van der Waals surface area contributed by atoms with Crippen molar-refractivity contribution in [3.63, 3.8) is 0 Å². The van der Waals surface area contributed by atoms with E-state index in [1.807, 2.05) is 36.5 Å². The molecule has 6 nitrogen and oxygen atoms in total. The van der Waals surface area contributed by atoms with Crippen molar-refractivity contribution in [1.29, 1.82) is 0 Å². The van der Waals surface area contributed by atoms with Gasteiger partial charge >= 0.3 is 12.2 Å². The molecular formula is C23H25F3N4O2. The predicted molar refractivity (Wildman–Crippen MR) is 115 cm³/mol. The molecule has 0 aliphatic heterocycles. The lowest BCUT2D eigenvalue weighted by atomic mass is 10.1. The third-order valence-electron chi connectivity index (χ3n) is 4.79. The first-order valence-corrected chi connectivity index (χ1v) is 10.00. The van der Waals surface area contributed by atoms with Crippen molar-refractivity contribution in [2.75, 3.05) is 13.7 Å². The fourth-order valence-corrected chi connectivity index (χ4v) is 3.40. The van der Waals surface area contributed by atoms with Crippen molar-refractivity contribution in [1.82, 2.24) is 20.0 Å². The van der Waals surface area contributed by atoms with Gasteiger partial charge in [0.25, 0.3) is 0 Å². The summed E-state index contributed by atoms with van der Waals surface area (Å²) in [4.78, 5) is 14.0. The minimum atomic E-state index is -4.40. The molecule has 9 heteroatoms. The number of amides is 2. The van der Waals surface area contributed by atoms with E-state index in [0.717, 1.165) is 16.8 Å². The van der Waals surface area contributed by atoms with Crippen LogP contribution in [0.3, 0.4) is 0 Å². The Morgan fingerprint density at radius 3 is 2.47 bits per heavy atom. The van der Waals surface area contributed by atoms with E-state index in [0.29, 0.717) is 24.2 Å². The fraction of sp³-hybridized carbons (Fsp3) is 0.304. The minimum Gasteiger partial charge on any atom is -0.484 e. The number of urea groups is 1. The Bertz CT molecular complexity index is 1040. The van der Waals surface area contributed by atoms with Crippen LogP contribution in [-0.2, 0) is 13.1 Å². The van der Waals surface area contributed by atoms with Gasteiger partial charge < -0.3 is 15.0 Å². The molecule has 0 saturated heterocycles. The zero-order chi connectivity index (χ0) is 23.3. The fourth-order valence-electron chi connectivity index (χ4n) is 3.40. The lowest BCUT2D eigenvalue weighted by molar-refractivity contribution is -0.153. The summed E-state index contributed by atoms with van der Waals surface area (Å²) in [7, 11) is 1.66. The van der Waals surface area contributed by atoms with Crippen LogP contribution in [0.2, 0.25) is 0 Å². The molecule has 0 unspecified atom stereocenters. The molecule has 3 aromatic rings. The first-order valence-electron chi connectivity index (χ1n) is 10.00. The Morgan fingerprint density at radius 2 is 1.84 bits per heavy atom. The average Bonchev–Trinajstić information content (AvgIpc) is 3.25. The van der Waals surface area contributed by atoms with E-state index in [-0.39, 0.29) is 11.8 Å². The number of carbonyl (C=O) groups excluding carboxylic acids is 1. The van der Waals surface area contributed by atoms with E-state index in [2.05, 4.69) is 10.4 Å². The van der Waals surface area contributed by atoms with E-state index < -0.39 is 12.8 Å². The van der Waals surface area contributed by atoms with Gasteiger partial charge in [-0.2, -0.15) is 18.3 Å². The predicted octanol–water partition coefficient (Wildman–Crippen LogP) is 4.77. The van der Waals surface area contributed by atoms with Crippen molar-refractivity contribution in [2.45, 2.75) is 33.1 Å². The van der Waals surface area contributed by atoms with E-state index >= 15 is 0 Å². The standard InChI is InChI=1S/C23H25F3N4O2/c1-16-10-19(11-17(2)21(16)32-15-23(24,25)26)14-29(3)22(31)27-13-18-6-4-7-20(12-18)30-9-5-8-28-30/h4-12H,13-15H2,1-3H3,(H,27,31). The highest BCUT2D eigenvalue weighted by molar-refractivity contribution is 5.73. The zero-order valence-electron chi connectivity index (χ0n) is 18.1. The van der Waals surface area contributed by atoms with Crippen LogP contribution in [0.15, 0.2) is 54.9 Å². The van der Waals surface area contributed by atoms with Gasteiger partial charge in [-0.05, 0) is 54.3 Å². The quantitative estimate of drug-likeness (QED) is 0.569. The summed E-state index contributed by atoms with van der Waals surface area (Å²) >= 11 is 0. The number of nitrogens with zero attached hydrogens (tertiary/aromatic N) is 3. The van der Waals surface area contributed by atoms with Crippen LogP contribution in [-0.4, -0.2) is 40.5 Å². The second-order valence-corrected chi connectivity index (χ2v) is 7.60. The van der Waals surface area contributed by atoms with Crippen LogP contribution >= 0.6 is 0 Å². The number of alkyl halides is 3. The van der Waals surface area contributed by atoms with Crippen molar-refractivity contribution >= 4 is 6.03 Å². The number of rotatable bonds is 7. The van der Waals surface area contributed by atoms with Crippen molar-refractivity contribution in [3.05, 3.63) is 77.1 Å². The maximum absolute atomic E-state index is 12.5. The summed E-state index contributed by atoms with van der Waals surface area (Å²) < 4.78 is 44.0. The van der Waals surface area contributed by atoms with Crippen molar-refractivity contribution < 1.29 is 22.7 Å². The van der Waals surface area contributed by atoms with Gasteiger partial charge in [0.2, 0.25) is 0 Å². The summed E-state index contributed by atoms with van der Waals surface area (Å²) in [6.07, 6.45) is -0.857. The average molecular weight is 446 g/mol. The first kappa shape index (κ1) is 23.2. The monoisotopic (exact) mass is 446 g/mol. The molecule has 0 aliphatic carbocycles. The molecule has 1 aromatic heterocycles. The highest BCUT2D eigenvalue weighted by Crippen LogP contribution is 2.27. The van der Waals surface area contributed by atoms with Crippen molar-refractivity contribution in [2.24, 2.45) is 0 Å². The van der Waals surface area contributed by atoms with Gasteiger partial charge in [-0.15, -0.1) is 0 Å². The highest BCUT2D eigenvalue weighted by Gasteiger charge is 2.29. The Hall–Kier alpha value is -3.49. The molecule has 0 saturated carbocycles. The second kappa shape index (κ2) is 9.76. The molecular weight excluding hydrogens is 421 g/mol. The molecule has 2 aromatic carbocycles. The van der Waals surface area contributed by atoms with E-state index in [4.69, 9.17) is 4.74 Å². The van der Waals surface area contributed by atoms with Gasteiger partial charge in [0.05, 0.1) is 5.69 Å². The number of halogens is 3. The molecule has 1 heterocycles. The van der Waals surface area contributed by atoms with Gasteiger partial charge in [0.15, 0.2) is 6.61 Å². The van der Waals surface area contributed by atoms with Crippen LogP contribution < -0.4 is 10.1 Å². The Labute approximate surface area is 184 Å². The van der Waals surface area contributed by atoms with E-state index in [9.17, 15) is 18.0 Å². The summed E-state index contributed by atoms with van der Waals surface area (Å²) in [6.45, 7) is 2.70. The van der Waals surface area contributed by atoms with Crippen LogP contribution in [0.5, 0.6) is 5.75 Å². The molecule has 0 aliphatic rings. The van der Waals surface area contributed by atoms with Crippen LogP contribution in [0, 0.1) is 13.8 Å². The normalized spacial score (nSPS) is 11.3. The van der Waals surface area contributed by atoms with Gasteiger partial charge in [0.1, 0.15) is 5.75 Å². The lowest BCUT2D eigenvalue weighted by Gasteiger charge is -2.20. The number of nitrogens with one attached hydrogen (secondary N) is 1. The highest BCUT2D eigenvalue weighted by atomic mass is 19.4.